The molecule has 0 radical (unpaired) electrons. The van der Waals surface area contributed by atoms with Crippen molar-refractivity contribution in [3.63, 3.8) is 0 Å². The molecule has 0 aromatic heterocycles. The maximum absolute atomic E-state index is 9.41. The van der Waals surface area contributed by atoms with Gasteiger partial charge in [0.15, 0.2) is 0 Å². The van der Waals surface area contributed by atoms with E-state index < -0.39 is 0 Å². The van der Waals surface area contributed by atoms with E-state index in [0.717, 1.165) is 35.5 Å². The van der Waals surface area contributed by atoms with Crippen molar-refractivity contribution in [2.75, 3.05) is 33.5 Å². The van der Waals surface area contributed by atoms with E-state index in [2.05, 4.69) is 49.9 Å². The highest BCUT2D eigenvalue weighted by Crippen LogP contribution is 2.36. The van der Waals surface area contributed by atoms with Gasteiger partial charge in [-0.05, 0) is 78.0 Å². The van der Waals surface area contributed by atoms with E-state index >= 15 is 0 Å². The Hall–Kier alpha value is -2.47. The van der Waals surface area contributed by atoms with Gasteiger partial charge in [-0.3, -0.25) is 4.79 Å². The normalized spacial score (nSPS) is 17.4. The minimum atomic E-state index is -0.268. The highest BCUT2D eigenvalue weighted by molar-refractivity contribution is 5.70. The van der Waals surface area contributed by atoms with Crippen LogP contribution in [0.3, 0.4) is 0 Å². The second-order valence-electron chi connectivity index (χ2n) is 9.65. The third-order valence-electron chi connectivity index (χ3n) is 6.56. The van der Waals surface area contributed by atoms with Gasteiger partial charge in [0.1, 0.15) is 12.0 Å². The molecule has 1 aliphatic rings. The smallest absolute Gasteiger partial charge is 0.145 e. The molecule has 0 unspecified atom stereocenters. The number of aldehydes is 1. The van der Waals surface area contributed by atoms with Gasteiger partial charge in [-0.1, -0.05) is 56.7 Å². The lowest BCUT2D eigenvalue weighted by atomic mass is 9.79. The molecular formula is C30H42O5. The predicted octanol–water partition coefficient (Wildman–Crippen LogP) is 5.58. The van der Waals surface area contributed by atoms with Crippen LogP contribution in [0.1, 0.15) is 56.6 Å². The Bertz CT molecular complexity index is 893. The van der Waals surface area contributed by atoms with Crippen LogP contribution in [-0.4, -0.2) is 50.0 Å². The van der Waals surface area contributed by atoms with Crippen LogP contribution in [0.2, 0.25) is 0 Å². The number of hydrogen-bond donors (Lipinski definition) is 2. The Morgan fingerprint density at radius 2 is 1.66 bits per heavy atom. The summed E-state index contributed by atoms with van der Waals surface area (Å²) in [6.45, 7) is 8.06. The number of hydrogen-bond acceptors (Lipinski definition) is 5. The van der Waals surface area contributed by atoms with Crippen LogP contribution in [0.25, 0.3) is 11.1 Å². The van der Waals surface area contributed by atoms with Crippen molar-refractivity contribution in [2.24, 2.45) is 11.8 Å². The number of allylic oxidation sites excluding steroid dienone is 1. The van der Waals surface area contributed by atoms with Crippen molar-refractivity contribution in [2.45, 2.75) is 51.9 Å². The summed E-state index contributed by atoms with van der Waals surface area (Å²) >= 11 is 0. The summed E-state index contributed by atoms with van der Waals surface area (Å²) in [5.74, 6) is 2.09. The molecule has 2 aromatic carbocycles. The first kappa shape index (κ1) is 28.8. The zero-order valence-corrected chi connectivity index (χ0v) is 21.5. The lowest BCUT2D eigenvalue weighted by molar-refractivity contribution is -0.104. The van der Waals surface area contributed by atoms with Crippen molar-refractivity contribution in [3.8, 4) is 16.9 Å². The van der Waals surface area contributed by atoms with Crippen molar-refractivity contribution in [3.05, 3.63) is 65.7 Å². The Morgan fingerprint density at radius 1 is 1.06 bits per heavy atom. The van der Waals surface area contributed by atoms with Crippen molar-refractivity contribution in [1.82, 2.24) is 0 Å². The van der Waals surface area contributed by atoms with Gasteiger partial charge in [0, 0.05) is 13.0 Å². The van der Waals surface area contributed by atoms with E-state index in [0.29, 0.717) is 24.7 Å². The number of rotatable bonds is 11. The number of carbonyl (C=O) groups excluding carboxylic acids is 1. The molecule has 5 nitrogen and oxygen atoms in total. The summed E-state index contributed by atoms with van der Waals surface area (Å²) < 4.78 is 11.2. The zero-order chi connectivity index (χ0) is 25.6. The molecule has 0 saturated heterocycles. The second kappa shape index (κ2) is 15.5. The first-order valence-corrected chi connectivity index (χ1v) is 12.6. The summed E-state index contributed by atoms with van der Waals surface area (Å²) in [7, 11) is 1.70. The van der Waals surface area contributed by atoms with Crippen molar-refractivity contribution in [1.29, 1.82) is 0 Å². The average Bonchev–Trinajstić information content (AvgIpc) is 2.89. The van der Waals surface area contributed by atoms with Gasteiger partial charge < -0.3 is 19.7 Å². The molecule has 5 heteroatoms. The molecule has 0 aliphatic heterocycles. The van der Waals surface area contributed by atoms with E-state index in [1.807, 2.05) is 6.07 Å². The molecule has 0 atom stereocenters. The SMILES string of the molecule is C=C(C)C=O.COCCc1cc(-c2ccc(C3CCC(C)CC3)cc2)ccc1OCC(CO)CO. The second-order valence-corrected chi connectivity index (χ2v) is 9.65. The maximum Gasteiger partial charge on any atom is 0.145 e. The minimum absolute atomic E-state index is 0.0890. The van der Waals surface area contributed by atoms with Gasteiger partial charge in [0.2, 0.25) is 0 Å². The fourth-order valence-electron chi connectivity index (χ4n) is 4.22. The quantitative estimate of drug-likeness (QED) is 0.323. The molecule has 35 heavy (non-hydrogen) atoms. The number of carbonyl (C=O) groups is 1. The van der Waals surface area contributed by atoms with Gasteiger partial charge in [-0.2, -0.15) is 0 Å². The third kappa shape index (κ3) is 9.60. The molecule has 192 valence electrons. The lowest BCUT2D eigenvalue weighted by Gasteiger charge is -2.26. The molecule has 2 N–H and O–H groups in total. The number of methoxy groups -OCH3 is 1. The van der Waals surface area contributed by atoms with E-state index in [9.17, 15) is 15.0 Å². The van der Waals surface area contributed by atoms with Crippen molar-refractivity contribution < 1.29 is 24.5 Å². The Labute approximate surface area is 210 Å². The molecule has 1 saturated carbocycles. The van der Waals surface area contributed by atoms with Crippen LogP contribution < -0.4 is 4.74 Å². The molecule has 2 aromatic rings. The van der Waals surface area contributed by atoms with Gasteiger partial charge in [0.05, 0.1) is 26.4 Å². The van der Waals surface area contributed by atoms with Gasteiger partial charge in [-0.15, -0.1) is 0 Å². The summed E-state index contributed by atoms with van der Waals surface area (Å²) in [6, 6.07) is 15.3. The Morgan fingerprint density at radius 3 is 2.20 bits per heavy atom. The van der Waals surface area contributed by atoms with Crippen LogP contribution in [0.5, 0.6) is 5.75 Å². The average molecular weight is 483 g/mol. The molecule has 0 bridgehead atoms. The van der Waals surface area contributed by atoms with Crippen molar-refractivity contribution >= 4 is 6.29 Å². The van der Waals surface area contributed by atoms with E-state index in [4.69, 9.17) is 9.47 Å². The Balaban J connectivity index is 0.000000784. The minimum Gasteiger partial charge on any atom is -0.493 e. The summed E-state index contributed by atoms with van der Waals surface area (Å²) in [5, 5.41) is 18.6. The largest absolute Gasteiger partial charge is 0.493 e. The number of ether oxygens (including phenoxy) is 2. The summed E-state index contributed by atoms with van der Waals surface area (Å²) in [6.07, 6.45) is 6.75. The standard InChI is InChI=1S/C26H36O4.C4H6O/c1-19-3-5-21(6-4-19)22-7-9-23(10-8-22)24-11-12-26(25(15-24)13-14-29-2)30-18-20(16-27)17-28;1-4(2)3-5/h7-12,15,19-21,27-28H,3-6,13-14,16-18H2,1-2H3;3H,1H2,2H3. The summed E-state index contributed by atoms with van der Waals surface area (Å²) in [4.78, 5) is 9.41. The fraction of sp³-hybridized carbons (Fsp3) is 0.500. The molecule has 1 fully saturated rings. The fourth-order valence-corrected chi connectivity index (χ4v) is 4.22. The van der Waals surface area contributed by atoms with Crippen LogP contribution >= 0.6 is 0 Å². The summed E-state index contributed by atoms with van der Waals surface area (Å²) in [5.41, 5.74) is 5.48. The van der Waals surface area contributed by atoms with Gasteiger partial charge in [0.25, 0.3) is 0 Å². The maximum atomic E-state index is 9.41. The zero-order valence-electron chi connectivity index (χ0n) is 21.5. The number of aliphatic hydroxyl groups is 2. The molecule has 0 amide bonds. The molecule has 0 heterocycles. The van der Waals surface area contributed by atoms with Crippen LogP contribution in [-0.2, 0) is 16.0 Å². The van der Waals surface area contributed by atoms with Crippen LogP contribution in [0.15, 0.2) is 54.6 Å². The number of benzene rings is 2. The first-order chi connectivity index (χ1) is 16.9. The Kier molecular flexibility index (Phi) is 12.7. The van der Waals surface area contributed by atoms with E-state index in [1.54, 1.807) is 14.0 Å². The van der Waals surface area contributed by atoms with E-state index in [-0.39, 0.29) is 19.1 Å². The van der Waals surface area contributed by atoms with Crippen LogP contribution in [0.4, 0.5) is 0 Å². The van der Waals surface area contributed by atoms with E-state index in [1.165, 1.54) is 36.8 Å². The van der Waals surface area contributed by atoms with Gasteiger partial charge in [-0.25, -0.2) is 0 Å². The molecule has 0 spiro atoms. The highest BCUT2D eigenvalue weighted by atomic mass is 16.5. The first-order valence-electron chi connectivity index (χ1n) is 12.6. The predicted molar refractivity (Wildman–Crippen MR) is 142 cm³/mol. The van der Waals surface area contributed by atoms with Crippen LogP contribution in [0, 0.1) is 11.8 Å². The van der Waals surface area contributed by atoms with Gasteiger partial charge >= 0.3 is 0 Å². The highest BCUT2D eigenvalue weighted by Gasteiger charge is 2.19. The monoisotopic (exact) mass is 482 g/mol. The molecule has 1 aliphatic carbocycles. The lowest BCUT2D eigenvalue weighted by Crippen LogP contribution is -2.20. The third-order valence-corrected chi connectivity index (χ3v) is 6.56. The number of aliphatic hydroxyl groups excluding tert-OH is 2. The topological polar surface area (TPSA) is 76.0 Å². The molecular weight excluding hydrogens is 440 g/mol. The molecule has 3 rings (SSSR count).